The van der Waals surface area contributed by atoms with Crippen molar-refractivity contribution < 1.29 is 18.3 Å². The molecule has 1 aliphatic heterocycles. The number of amides is 1. The van der Waals surface area contributed by atoms with E-state index in [2.05, 4.69) is 0 Å². The molecule has 20 heavy (non-hydrogen) atoms. The minimum absolute atomic E-state index is 0.142. The number of alkyl halides is 2. The predicted octanol–water partition coefficient (Wildman–Crippen LogP) is 1.61. The molecule has 110 valence electrons. The fourth-order valence-corrected chi connectivity index (χ4v) is 2.43. The van der Waals surface area contributed by atoms with E-state index in [1.807, 2.05) is 12.1 Å². The molecule has 1 aromatic rings. The molecule has 1 unspecified atom stereocenters. The van der Waals surface area contributed by atoms with Crippen molar-refractivity contribution >= 4 is 5.91 Å². The Morgan fingerprint density at radius 3 is 2.90 bits per heavy atom. The van der Waals surface area contributed by atoms with E-state index in [4.69, 9.17) is 10.5 Å². The zero-order valence-corrected chi connectivity index (χ0v) is 11.1. The van der Waals surface area contributed by atoms with E-state index in [1.54, 1.807) is 12.1 Å². The summed E-state index contributed by atoms with van der Waals surface area (Å²) in [4.78, 5) is 13.6. The maximum atomic E-state index is 12.6. The molecule has 1 amide bonds. The van der Waals surface area contributed by atoms with E-state index in [1.165, 1.54) is 0 Å². The number of carbonyl (C=O) groups excluding carboxylic acids is 1. The molecule has 0 spiro atoms. The topological polar surface area (TPSA) is 55.6 Å². The summed E-state index contributed by atoms with van der Waals surface area (Å²) >= 11 is 0. The van der Waals surface area contributed by atoms with Crippen LogP contribution in [0.4, 0.5) is 8.78 Å². The quantitative estimate of drug-likeness (QED) is 0.893. The number of benzene rings is 1. The van der Waals surface area contributed by atoms with Gasteiger partial charge in [0.15, 0.2) is 0 Å². The number of halogens is 2. The number of hydrogen-bond acceptors (Lipinski definition) is 3. The number of nitrogens with two attached hydrogens (primary N) is 1. The second-order valence-corrected chi connectivity index (χ2v) is 4.69. The monoisotopic (exact) mass is 284 g/mol. The van der Waals surface area contributed by atoms with Gasteiger partial charge in [0.25, 0.3) is 6.43 Å². The van der Waals surface area contributed by atoms with Crippen LogP contribution in [-0.2, 0) is 4.79 Å². The van der Waals surface area contributed by atoms with Crippen LogP contribution in [0, 0.1) is 0 Å². The molecule has 2 rings (SSSR count). The molecular formula is C14H18F2N2O2. The van der Waals surface area contributed by atoms with E-state index in [0.717, 1.165) is 10.5 Å². The first kappa shape index (κ1) is 14.7. The van der Waals surface area contributed by atoms with E-state index in [0.29, 0.717) is 18.8 Å². The number of nitrogens with zero attached hydrogens (tertiary/aromatic N) is 1. The van der Waals surface area contributed by atoms with Gasteiger partial charge < -0.3 is 15.4 Å². The maximum absolute atomic E-state index is 12.6. The first-order chi connectivity index (χ1) is 9.63. The van der Waals surface area contributed by atoms with Crippen molar-refractivity contribution in [2.45, 2.75) is 18.8 Å². The third-order valence-electron chi connectivity index (χ3n) is 3.33. The highest BCUT2D eigenvalue weighted by atomic mass is 19.3. The van der Waals surface area contributed by atoms with Crippen LogP contribution in [0.25, 0.3) is 0 Å². The van der Waals surface area contributed by atoms with Crippen LogP contribution >= 0.6 is 0 Å². The Labute approximate surface area is 116 Å². The number of ether oxygens (including phenoxy) is 1. The van der Waals surface area contributed by atoms with Crippen molar-refractivity contribution in [3.63, 3.8) is 0 Å². The van der Waals surface area contributed by atoms with E-state index in [9.17, 15) is 13.6 Å². The predicted molar refractivity (Wildman–Crippen MR) is 70.9 cm³/mol. The normalized spacial score (nSPS) is 17.5. The highest BCUT2D eigenvalue weighted by Gasteiger charge is 2.31. The van der Waals surface area contributed by atoms with Crippen LogP contribution in [0.5, 0.6) is 5.75 Å². The highest BCUT2D eigenvalue weighted by molar-refractivity contribution is 5.85. The number of carbonyl (C=O) groups is 1. The Morgan fingerprint density at radius 1 is 1.45 bits per heavy atom. The van der Waals surface area contributed by atoms with E-state index in [-0.39, 0.29) is 19.0 Å². The molecular weight excluding hydrogens is 266 g/mol. The van der Waals surface area contributed by atoms with Gasteiger partial charge in [0.2, 0.25) is 5.91 Å². The minimum Gasteiger partial charge on any atom is -0.493 e. The maximum Gasteiger partial charge on any atom is 0.255 e. The largest absolute Gasteiger partial charge is 0.493 e. The van der Waals surface area contributed by atoms with Crippen LogP contribution in [0.15, 0.2) is 24.3 Å². The summed E-state index contributed by atoms with van der Waals surface area (Å²) in [6, 6.07) is 7.23. The summed E-state index contributed by atoms with van der Waals surface area (Å²) in [5, 5.41) is 0. The zero-order valence-electron chi connectivity index (χ0n) is 11.1. The van der Waals surface area contributed by atoms with Crippen molar-refractivity contribution in [2.24, 2.45) is 5.73 Å². The average molecular weight is 284 g/mol. The second kappa shape index (κ2) is 6.65. The number of para-hydroxylation sites is 1. The molecule has 0 saturated heterocycles. The van der Waals surface area contributed by atoms with Crippen LogP contribution in [0.1, 0.15) is 17.9 Å². The number of fused-ring (bicyclic) bond motifs is 1. The first-order valence-electron chi connectivity index (χ1n) is 6.62. The van der Waals surface area contributed by atoms with Crippen molar-refractivity contribution in [3.05, 3.63) is 29.8 Å². The molecule has 0 bridgehead atoms. The summed E-state index contributed by atoms with van der Waals surface area (Å²) in [5.74, 6) is -0.0707. The summed E-state index contributed by atoms with van der Waals surface area (Å²) in [7, 11) is 0. The lowest BCUT2D eigenvalue weighted by molar-refractivity contribution is -0.135. The van der Waals surface area contributed by atoms with Crippen molar-refractivity contribution in [1.82, 2.24) is 4.90 Å². The van der Waals surface area contributed by atoms with Crippen molar-refractivity contribution in [1.29, 1.82) is 0 Å². The van der Waals surface area contributed by atoms with Gasteiger partial charge in [-0.2, -0.15) is 0 Å². The second-order valence-electron chi connectivity index (χ2n) is 4.69. The van der Waals surface area contributed by atoms with Gasteiger partial charge in [-0.05, 0) is 12.5 Å². The summed E-state index contributed by atoms with van der Waals surface area (Å²) in [6.07, 6.45) is -2.05. The SMILES string of the molecule is NCCN(CC(F)F)C(=O)C1CCOc2ccccc21. The summed E-state index contributed by atoms with van der Waals surface area (Å²) in [6.45, 7) is 0.153. The Hall–Kier alpha value is -1.69. The van der Waals surface area contributed by atoms with Gasteiger partial charge in [-0.15, -0.1) is 0 Å². The number of rotatable bonds is 5. The fraction of sp³-hybridized carbons (Fsp3) is 0.500. The summed E-state index contributed by atoms with van der Waals surface area (Å²) < 4.78 is 30.6. The lowest BCUT2D eigenvalue weighted by atomic mass is 9.92. The van der Waals surface area contributed by atoms with E-state index < -0.39 is 18.9 Å². The highest BCUT2D eigenvalue weighted by Crippen LogP contribution is 2.34. The third-order valence-corrected chi connectivity index (χ3v) is 3.33. The van der Waals surface area contributed by atoms with Crippen LogP contribution in [-0.4, -0.2) is 43.5 Å². The van der Waals surface area contributed by atoms with Crippen LogP contribution < -0.4 is 10.5 Å². The smallest absolute Gasteiger partial charge is 0.255 e. The van der Waals surface area contributed by atoms with Gasteiger partial charge in [0, 0.05) is 18.7 Å². The standard InChI is InChI=1S/C14H18F2N2O2/c15-13(16)9-18(7-6-17)14(19)11-5-8-20-12-4-2-1-3-10(11)12/h1-4,11,13H,5-9,17H2. The Kier molecular flexibility index (Phi) is 4.89. The lowest BCUT2D eigenvalue weighted by Crippen LogP contribution is -2.42. The average Bonchev–Trinajstić information content (AvgIpc) is 2.45. The Bertz CT molecular complexity index is 468. The molecule has 1 aromatic carbocycles. The molecule has 1 aliphatic rings. The first-order valence-corrected chi connectivity index (χ1v) is 6.62. The van der Waals surface area contributed by atoms with Gasteiger partial charge in [0.1, 0.15) is 5.75 Å². The Morgan fingerprint density at radius 2 is 2.20 bits per heavy atom. The van der Waals surface area contributed by atoms with Crippen LogP contribution in [0.3, 0.4) is 0 Å². The molecule has 0 saturated carbocycles. The molecule has 4 nitrogen and oxygen atoms in total. The molecule has 1 heterocycles. The molecule has 0 radical (unpaired) electrons. The van der Waals surface area contributed by atoms with Crippen LogP contribution in [0.2, 0.25) is 0 Å². The van der Waals surface area contributed by atoms with Gasteiger partial charge in [-0.25, -0.2) is 8.78 Å². The molecule has 1 atom stereocenters. The molecule has 0 aromatic heterocycles. The van der Waals surface area contributed by atoms with Gasteiger partial charge in [-0.3, -0.25) is 4.79 Å². The van der Waals surface area contributed by atoms with Gasteiger partial charge in [-0.1, -0.05) is 18.2 Å². The minimum atomic E-state index is -2.56. The molecule has 6 heteroatoms. The molecule has 0 fully saturated rings. The van der Waals surface area contributed by atoms with Gasteiger partial charge in [0.05, 0.1) is 19.1 Å². The third kappa shape index (κ3) is 3.25. The van der Waals surface area contributed by atoms with Gasteiger partial charge >= 0.3 is 0 Å². The van der Waals surface area contributed by atoms with E-state index >= 15 is 0 Å². The molecule has 0 aliphatic carbocycles. The number of hydrogen-bond donors (Lipinski definition) is 1. The molecule has 2 N–H and O–H groups in total. The lowest BCUT2D eigenvalue weighted by Gasteiger charge is -2.30. The van der Waals surface area contributed by atoms with Crippen molar-refractivity contribution in [3.8, 4) is 5.75 Å². The summed E-state index contributed by atoms with van der Waals surface area (Å²) in [5.41, 5.74) is 6.17. The Balaban J connectivity index is 2.19. The zero-order chi connectivity index (χ0) is 14.5. The van der Waals surface area contributed by atoms with Crippen molar-refractivity contribution in [2.75, 3.05) is 26.2 Å². The fourth-order valence-electron chi connectivity index (χ4n) is 2.43.